The molecule has 202 valence electrons. The van der Waals surface area contributed by atoms with Crippen molar-refractivity contribution < 1.29 is 24.2 Å². The van der Waals surface area contributed by atoms with Gasteiger partial charge in [0.25, 0.3) is 5.91 Å². The highest BCUT2D eigenvalue weighted by atomic mass is 16.6. The van der Waals surface area contributed by atoms with Crippen LogP contribution in [0.2, 0.25) is 0 Å². The third-order valence-electron chi connectivity index (χ3n) is 6.24. The summed E-state index contributed by atoms with van der Waals surface area (Å²) in [6.45, 7) is 10.2. The van der Waals surface area contributed by atoms with Crippen LogP contribution in [0.1, 0.15) is 62.5 Å². The van der Waals surface area contributed by atoms with Crippen molar-refractivity contribution in [1.82, 2.24) is 10.2 Å². The molecule has 0 spiro atoms. The fourth-order valence-corrected chi connectivity index (χ4v) is 4.37. The van der Waals surface area contributed by atoms with Crippen LogP contribution < -0.4 is 15.0 Å². The summed E-state index contributed by atoms with van der Waals surface area (Å²) in [5.41, 5.74) is 2.05. The van der Waals surface area contributed by atoms with Gasteiger partial charge in [-0.3, -0.25) is 9.69 Å². The van der Waals surface area contributed by atoms with Crippen molar-refractivity contribution in [1.29, 1.82) is 0 Å². The van der Waals surface area contributed by atoms with Gasteiger partial charge >= 0.3 is 5.97 Å². The molecule has 2 aromatic carbocycles. The van der Waals surface area contributed by atoms with Gasteiger partial charge < -0.3 is 24.8 Å². The van der Waals surface area contributed by atoms with E-state index in [4.69, 9.17) is 9.47 Å². The van der Waals surface area contributed by atoms with Crippen molar-refractivity contribution in [2.24, 2.45) is 0 Å². The number of anilines is 1. The van der Waals surface area contributed by atoms with E-state index in [1.165, 1.54) is 0 Å². The van der Waals surface area contributed by atoms with E-state index in [1.54, 1.807) is 0 Å². The first-order chi connectivity index (χ1) is 17.6. The van der Waals surface area contributed by atoms with Crippen molar-refractivity contribution in [2.75, 3.05) is 44.7 Å². The van der Waals surface area contributed by atoms with Crippen LogP contribution in [0.5, 0.6) is 5.75 Å². The maximum Gasteiger partial charge on any atom is 0.344 e. The van der Waals surface area contributed by atoms with Crippen molar-refractivity contribution in [3.05, 3.63) is 59.7 Å². The molecule has 0 bridgehead atoms. The zero-order chi connectivity index (χ0) is 27.0. The topological polar surface area (TPSA) is 91.3 Å². The van der Waals surface area contributed by atoms with Crippen molar-refractivity contribution in [2.45, 2.75) is 58.3 Å². The molecule has 0 aromatic heterocycles. The molecule has 8 nitrogen and oxygen atoms in total. The average Bonchev–Trinajstić information content (AvgIpc) is 3.28. The van der Waals surface area contributed by atoms with Gasteiger partial charge in [-0.25, -0.2) is 4.79 Å². The normalized spacial score (nSPS) is 16.8. The number of nitrogens with one attached hydrogen (secondary N) is 1. The van der Waals surface area contributed by atoms with Crippen LogP contribution >= 0.6 is 0 Å². The lowest BCUT2D eigenvalue weighted by Gasteiger charge is -2.34. The minimum atomic E-state index is -0.567. The lowest BCUT2D eigenvalue weighted by molar-refractivity contribution is -0.157. The number of carbonyl (C=O) groups excluding carboxylic acids is 2. The molecule has 2 N–H and O–H groups in total. The van der Waals surface area contributed by atoms with Gasteiger partial charge in [0, 0.05) is 44.5 Å². The minimum absolute atomic E-state index is 0.0462. The Morgan fingerprint density at radius 1 is 1.19 bits per heavy atom. The van der Waals surface area contributed by atoms with Crippen molar-refractivity contribution in [3.63, 3.8) is 0 Å². The van der Waals surface area contributed by atoms with Crippen molar-refractivity contribution >= 4 is 17.6 Å². The Kier molecular flexibility index (Phi) is 9.94. The number of aliphatic hydroxyl groups is 1. The number of aliphatic hydroxyl groups excluding tert-OH is 1. The molecule has 2 aromatic rings. The predicted molar refractivity (Wildman–Crippen MR) is 145 cm³/mol. The van der Waals surface area contributed by atoms with Crippen LogP contribution in [0.4, 0.5) is 5.69 Å². The predicted octanol–water partition coefficient (Wildman–Crippen LogP) is 3.79. The number of likely N-dealkylation sites (tertiary alicyclic amines) is 1. The zero-order valence-corrected chi connectivity index (χ0v) is 22.7. The summed E-state index contributed by atoms with van der Waals surface area (Å²) in [5, 5.41) is 13.0. The van der Waals surface area contributed by atoms with E-state index in [2.05, 4.69) is 15.1 Å². The molecule has 2 atom stereocenters. The van der Waals surface area contributed by atoms with Crippen LogP contribution in [-0.4, -0.2) is 73.4 Å². The minimum Gasteiger partial charge on any atom is -0.482 e. The second-order valence-electron chi connectivity index (χ2n) is 10.6. The number of carbonyl (C=O) groups is 2. The summed E-state index contributed by atoms with van der Waals surface area (Å²) in [7, 11) is 2.03. The van der Waals surface area contributed by atoms with Gasteiger partial charge in [-0.05, 0) is 75.6 Å². The smallest absolute Gasteiger partial charge is 0.344 e. The molecule has 37 heavy (non-hydrogen) atoms. The van der Waals surface area contributed by atoms with Gasteiger partial charge in [-0.1, -0.05) is 19.1 Å². The fourth-order valence-electron chi connectivity index (χ4n) is 4.37. The van der Waals surface area contributed by atoms with Crippen LogP contribution in [0.25, 0.3) is 0 Å². The summed E-state index contributed by atoms with van der Waals surface area (Å²) >= 11 is 0. The van der Waals surface area contributed by atoms with Gasteiger partial charge in [-0.2, -0.15) is 0 Å². The number of esters is 1. The van der Waals surface area contributed by atoms with E-state index < -0.39 is 11.6 Å². The third-order valence-corrected chi connectivity index (χ3v) is 6.24. The van der Waals surface area contributed by atoms with Crippen LogP contribution in [-0.2, 0) is 9.53 Å². The van der Waals surface area contributed by atoms with E-state index in [9.17, 15) is 14.7 Å². The first-order valence-electron chi connectivity index (χ1n) is 13.0. The number of β-amino-alcohol motifs (C(OH)–C–C–N with tert-alkyl or cyclic N) is 1. The summed E-state index contributed by atoms with van der Waals surface area (Å²) in [6.07, 6.45) is 1.34. The highest BCUT2D eigenvalue weighted by Gasteiger charge is 2.27. The van der Waals surface area contributed by atoms with Crippen molar-refractivity contribution in [3.8, 4) is 5.75 Å². The Hall–Kier alpha value is -3.10. The summed E-state index contributed by atoms with van der Waals surface area (Å²) in [6, 6.07) is 15.3. The largest absolute Gasteiger partial charge is 0.482 e. The fraction of sp³-hybridized carbons (Fsp3) is 0.517. The Morgan fingerprint density at radius 3 is 2.54 bits per heavy atom. The number of hydrogen-bond acceptors (Lipinski definition) is 7. The highest BCUT2D eigenvalue weighted by molar-refractivity contribution is 5.94. The van der Waals surface area contributed by atoms with Gasteiger partial charge in [-0.15, -0.1) is 0 Å². The summed E-state index contributed by atoms with van der Waals surface area (Å²) < 4.78 is 11.1. The van der Waals surface area contributed by atoms with E-state index >= 15 is 0 Å². The van der Waals surface area contributed by atoms with Crippen LogP contribution in [0, 0.1) is 0 Å². The molecule has 0 aliphatic carbocycles. The number of ether oxygens (including phenoxy) is 2. The second-order valence-corrected chi connectivity index (χ2v) is 10.6. The number of benzene rings is 2. The average molecular weight is 512 g/mol. The first kappa shape index (κ1) is 28.5. The molecule has 0 radical (unpaired) electrons. The Bertz CT molecular complexity index is 1030. The Balaban J connectivity index is 1.78. The molecule has 1 fully saturated rings. The molecule has 2 unspecified atom stereocenters. The number of rotatable bonds is 11. The quantitative estimate of drug-likeness (QED) is 0.444. The molecule has 1 aliphatic heterocycles. The first-order valence-corrected chi connectivity index (χ1v) is 13.0. The zero-order valence-electron chi connectivity index (χ0n) is 22.7. The Morgan fingerprint density at radius 2 is 1.92 bits per heavy atom. The standard InChI is InChI=1S/C29H41N3O5/c1-6-15-30-28(35)21-10-12-23(13-11-21)31(5)26(19-32-16-14-24(33)18-32)22-8-7-9-25(17-22)36-20-27(34)37-29(2,3)4/h7-13,17,24,26,33H,6,14-16,18-20H2,1-5H3,(H,30,35). The maximum atomic E-state index is 12.3. The molecular formula is C29H41N3O5. The summed E-state index contributed by atoms with van der Waals surface area (Å²) in [4.78, 5) is 28.9. The summed E-state index contributed by atoms with van der Waals surface area (Å²) in [5.74, 6) is 0.0975. The molecular weight excluding hydrogens is 470 g/mol. The second kappa shape index (κ2) is 12.9. The third kappa shape index (κ3) is 8.76. The van der Waals surface area contributed by atoms with Crippen LogP contribution in [0.3, 0.4) is 0 Å². The van der Waals surface area contributed by atoms with E-state index in [1.807, 2.05) is 83.3 Å². The number of amides is 1. The Labute approximate surface area is 220 Å². The van der Waals surface area contributed by atoms with Gasteiger partial charge in [0.05, 0.1) is 12.1 Å². The van der Waals surface area contributed by atoms with E-state index in [-0.39, 0.29) is 24.7 Å². The van der Waals surface area contributed by atoms with Gasteiger partial charge in [0.1, 0.15) is 11.4 Å². The molecule has 8 heteroatoms. The number of nitrogens with zero attached hydrogens (tertiary/aromatic N) is 2. The molecule has 1 heterocycles. The lowest BCUT2D eigenvalue weighted by atomic mass is 10.0. The van der Waals surface area contributed by atoms with Crippen LogP contribution in [0.15, 0.2) is 48.5 Å². The van der Waals surface area contributed by atoms with Gasteiger partial charge in [0.15, 0.2) is 6.61 Å². The molecule has 1 aliphatic rings. The monoisotopic (exact) mass is 511 g/mol. The van der Waals surface area contributed by atoms with E-state index in [0.717, 1.165) is 30.6 Å². The maximum absolute atomic E-state index is 12.3. The highest BCUT2D eigenvalue weighted by Crippen LogP contribution is 2.30. The lowest BCUT2D eigenvalue weighted by Crippen LogP contribution is -2.36. The van der Waals surface area contributed by atoms with E-state index in [0.29, 0.717) is 30.9 Å². The number of likely N-dealkylation sites (N-methyl/N-ethyl adjacent to an activating group) is 1. The molecule has 3 rings (SSSR count). The number of hydrogen-bond donors (Lipinski definition) is 2. The van der Waals surface area contributed by atoms with Gasteiger partial charge in [0.2, 0.25) is 0 Å². The molecule has 0 saturated carbocycles. The molecule has 1 saturated heterocycles. The molecule has 1 amide bonds. The SMILES string of the molecule is CCCNC(=O)c1ccc(N(C)C(CN2CCC(O)C2)c2cccc(OCC(=O)OC(C)(C)C)c2)cc1.